The molecule has 1 aliphatic rings. The fourth-order valence-corrected chi connectivity index (χ4v) is 4.32. The summed E-state index contributed by atoms with van der Waals surface area (Å²) in [5.74, 6) is -2.97. The third kappa shape index (κ3) is 7.24. The van der Waals surface area contributed by atoms with Gasteiger partial charge in [0.05, 0.1) is 13.1 Å². The van der Waals surface area contributed by atoms with Gasteiger partial charge in [-0.25, -0.2) is 9.18 Å². The van der Waals surface area contributed by atoms with E-state index in [2.05, 4.69) is 18.7 Å². The Balaban J connectivity index is 1.83. The van der Waals surface area contributed by atoms with Crippen LogP contribution in [0, 0.1) is 5.82 Å². The number of alkyl halides is 2. The van der Waals surface area contributed by atoms with Crippen LogP contribution in [0.2, 0.25) is 0 Å². The fourth-order valence-electron chi connectivity index (χ4n) is 4.32. The summed E-state index contributed by atoms with van der Waals surface area (Å²) < 4.78 is 39.7. The quantitative estimate of drug-likeness (QED) is 0.457. The Labute approximate surface area is 215 Å². The number of hydrogen-bond donors (Lipinski definition) is 1. The molecule has 1 heterocycles. The molecule has 1 fully saturated rings. The zero-order valence-corrected chi connectivity index (χ0v) is 21.2. The Bertz CT molecular complexity index is 1080. The van der Waals surface area contributed by atoms with Gasteiger partial charge in [0.25, 0.3) is 5.91 Å². The van der Waals surface area contributed by atoms with Gasteiger partial charge in [-0.15, -0.1) is 0 Å². The normalized spacial score (nSPS) is 13.4. The second-order valence-electron chi connectivity index (χ2n) is 8.85. The van der Waals surface area contributed by atoms with Gasteiger partial charge >= 0.3 is 12.5 Å². The van der Waals surface area contributed by atoms with Gasteiger partial charge in [-0.3, -0.25) is 14.5 Å². The molecule has 37 heavy (non-hydrogen) atoms. The molecule has 2 aromatic rings. The number of nitrogens with one attached hydrogen (secondary N) is 1. The van der Waals surface area contributed by atoms with Crippen molar-refractivity contribution in [2.24, 2.45) is 0 Å². The van der Waals surface area contributed by atoms with E-state index in [9.17, 15) is 23.2 Å². The lowest BCUT2D eigenvalue weighted by Crippen LogP contribution is -2.45. The topological polar surface area (TPSA) is 73.0 Å². The molecule has 0 radical (unpaired) electrons. The summed E-state index contributed by atoms with van der Waals surface area (Å²) in [7, 11) is 0. The van der Waals surface area contributed by atoms with Crippen LogP contribution < -0.4 is 15.1 Å². The highest BCUT2D eigenvalue weighted by molar-refractivity contribution is 5.99. The first kappa shape index (κ1) is 28.0. The van der Waals surface area contributed by atoms with Gasteiger partial charge < -0.3 is 15.1 Å². The number of amides is 3. The molecule has 0 unspecified atom stereocenters. The highest BCUT2D eigenvalue weighted by atomic mass is 19.3. The van der Waals surface area contributed by atoms with E-state index in [1.54, 1.807) is 4.90 Å². The van der Waals surface area contributed by atoms with Crippen LogP contribution in [0.25, 0.3) is 0 Å². The van der Waals surface area contributed by atoms with Gasteiger partial charge in [0.15, 0.2) is 5.78 Å². The summed E-state index contributed by atoms with van der Waals surface area (Å²) in [6.45, 7) is 6.35. The van der Waals surface area contributed by atoms with Crippen LogP contribution in [-0.4, -0.2) is 61.8 Å². The molecule has 3 amide bonds. The van der Waals surface area contributed by atoms with Gasteiger partial charge in [-0.1, -0.05) is 12.1 Å². The number of urea groups is 1. The van der Waals surface area contributed by atoms with Crippen molar-refractivity contribution in [3.63, 3.8) is 0 Å². The van der Waals surface area contributed by atoms with E-state index in [0.29, 0.717) is 18.8 Å². The van der Waals surface area contributed by atoms with Crippen molar-refractivity contribution in [1.29, 1.82) is 0 Å². The SMILES string of the molecule is CCN(CC)c1ccc(N(Cc2ccc(C(=O)CNC(=O)C(F)F)cc2F)C(=O)N2CCCCC2)cc1. The number of Topliss-reactive ketones (excluding diaryl/α,β-unsaturated/α-hetero) is 1. The second kappa shape index (κ2) is 13.1. The van der Waals surface area contributed by atoms with Crippen LogP contribution in [-0.2, 0) is 11.3 Å². The van der Waals surface area contributed by atoms with Crippen molar-refractivity contribution in [1.82, 2.24) is 10.2 Å². The summed E-state index contributed by atoms with van der Waals surface area (Å²) in [4.78, 5) is 42.2. The van der Waals surface area contributed by atoms with Crippen LogP contribution in [0.5, 0.6) is 0 Å². The summed E-state index contributed by atoms with van der Waals surface area (Å²) in [5, 5.41) is 1.82. The molecule has 0 bridgehead atoms. The highest BCUT2D eigenvalue weighted by Gasteiger charge is 2.25. The number of carbonyl (C=O) groups excluding carboxylic acids is 3. The fraction of sp³-hybridized carbons (Fsp3) is 0.444. The summed E-state index contributed by atoms with van der Waals surface area (Å²) in [5.41, 5.74) is 1.78. The molecule has 1 aliphatic heterocycles. The summed E-state index contributed by atoms with van der Waals surface area (Å²) in [6.07, 6.45) is -0.359. The van der Waals surface area contributed by atoms with E-state index >= 15 is 4.39 Å². The van der Waals surface area contributed by atoms with Crippen molar-refractivity contribution >= 4 is 29.1 Å². The lowest BCUT2D eigenvalue weighted by Gasteiger charge is -2.33. The molecule has 1 saturated heterocycles. The van der Waals surface area contributed by atoms with E-state index in [4.69, 9.17) is 0 Å². The summed E-state index contributed by atoms with van der Waals surface area (Å²) >= 11 is 0. The largest absolute Gasteiger partial charge is 0.372 e. The van der Waals surface area contributed by atoms with E-state index in [1.807, 2.05) is 29.6 Å². The Hall–Kier alpha value is -3.56. The first-order chi connectivity index (χ1) is 17.7. The Kier molecular flexibility index (Phi) is 9.93. The van der Waals surface area contributed by atoms with Crippen molar-refractivity contribution in [3.05, 3.63) is 59.4 Å². The molecule has 7 nitrogen and oxygen atoms in total. The van der Waals surface area contributed by atoms with Gasteiger partial charge in [0, 0.05) is 48.7 Å². The number of rotatable bonds is 10. The van der Waals surface area contributed by atoms with E-state index in [0.717, 1.165) is 44.1 Å². The number of benzene rings is 2. The molecule has 3 rings (SSSR count). The van der Waals surface area contributed by atoms with Crippen LogP contribution in [0.3, 0.4) is 0 Å². The molecule has 2 aromatic carbocycles. The molecule has 1 N–H and O–H groups in total. The highest BCUT2D eigenvalue weighted by Crippen LogP contribution is 2.26. The van der Waals surface area contributed by atoms with E-state index < -0.39 is 30.5 Å². The lowest BCUT2D eigenvalue weighted by molar-refractivity contribution is -0.131. The maximum absolute atomic E-state index is 15.1. The smallest absolute Gasteiger partial charge is 0.324 e. The van der Waals surface area contributed by atoms with Gasteiger partial charge in [0.2, 0.25) is 0 Å². The van der Waals surface area contributed by atoms with Crippen LogP contribution in [0.15, 0.2) is 42.5 Å². The standard InChI is InChI=1S/C27H33F3N4O3/c1-3-32(4-2)21-10-12-22(13-11-21)34(27(37)33-14-6-5-7-15-33)18-20-9-8-19(16-23(20)28)24(35)17-31-26(36)25(29)30/h8-13,16,25H,3-7,14-15,17-18H2,1-2H3,(H,31,36). The van der Waals surface area contributed by atoms with Crippen LogP contribution >= 0.6 is 0 Å². The van der Waals surface area contributed by atoms with Crippen molar-refractivity contribution < 1.29 is 27.6 Å². The average molecular weight is 519 g/mol. The Morgan fingerprint density at radius 2 is 1.57 bits per heavy atom. The minimum absolute atomic E-state index is 0.0532. The molecular weight excluding hydrogens is 485 g/mol. The minimum atomic E-state index is -3.24. The van der Waals surface area contributed by atoms with Crippen LogP contribution in [0.4, 0.5) is 29.3 Å². The zero-order valence-electron chi connectivity index (χ0n) is 21.2. The van der Waals surface area contributed by atoms with Crippen molar-refractivity contribution in [2.75, 3.05) is 42.5 Å². The molecule has 10 heteroatoms. The number of carbonyl (C=O) groups is 3. The zero-order chi connectivity index (χ0) is 26.9. The van der Waals surface area contributed by atoms with Gasteiger partial charge in [-0.2, -0.15) is 8.78 Å². The number of anilines is 2. The van der Waals surface area contributed by atoms with E-state index in [1.165, 1.54) is 17.0 Å². The van der Waals surface area contributed by atoms with E-state index in [-0.39, 0.29) is 23.7 Å². The number of piperidine rings is 1. The van der Waals surface area contributed by atoms with Crippen LogP contribution in [0.1, 0.15) is 49.0 Å². The monoisotopic (exact) mass is 518 g/mol. The molecule has 200 valence electrons. The van der Waals surface area contributed by atoms with Crippen molar-refractivity contribution in [3.8, 4) is 0 Å². The number of likely N-dealkylation sites (tertiary alicyclic amines) is 1. The average Bonchev–Trinajstić information content (AvgIpc) is 2.92. The number of ketones is 1. The first-order valence-corrected chi connectivity index (χ1v) is 12.5. The Morgan fingerprint density at radius 1 is 0.946 bits per heavy atom. The number of halogens is 3. The third-order valence-electron chi connectivity index (χ3n) is 6.47. The Morgan fingerprint density at radius 3 is 2.14 bits per heavy atom. The third-order valence-corrected chi connectivity index (χ3v) is 6.47. The lowest BCUT2D eigenvalue weighted by atomic mass is 10.1. The summed E-state index contributed by atoms with van der Waals surface area (Å²) in [6, 6.07) is 11.1. The maximum Gasteiger partial charge on any atom is 0.324 e. The maximum atomic E-state index is 15.1. The molecule has 0 atom stereocenters. The number of hydrogen-bond acceptors (Lipinski definition) is 4. The molecule has 0 saturated carbocycles. The molecule has 0 aliphatic carbocycles. The molecule has 0 aromatic heterocycles. The minimum Gasteiger partial charge on any atom is -0.372 e. The predicted octanol–water partition coefficient (Wildman–Crippen LogP) is 4.85. The second-order valence-corrected chi connectivity index (χ2v) is 8.85. The molecular formula is C27H33F3N4O3. The molecule has 0 spiro atoms. The van der Waals surface area contributed by atoms with Crippen molar-refractivity contribution in [2.45, 2.75) is 46.1 Å². The van der Waals surface area contributed by atoms with Gasteiger partial charge in [-0.05, 0) is 63.4 Å². The van der Waals surface area contributed by atoms with Gasteiger partial charge in [0.1, 0.15) is 5.82 Å². The first-order valence-electron chi connectivity index (χ1n) is 12.5. The predicted molar refractivity (Wildman–Crippen MR) is 137 cm³/mol. The number of nitrogens with zero attached hydrogens (tertiary/aromatic N) is 3.